The van der Waals surface area contributed by atoms with E-state index in [0.717, 1.165) is 32.7 Å². The highest BCUT2D eigenvalue weighted by Crippen LogP contribution is 2.22. The predicted octanol–water partition coefficient (Wildman–Crippen LogP) is 3.27. The van der Waals surface area contributed by atoms with Gasteiger partial charge in [-0.1, -0.05) is 29.8 Å². The van der Waals surface area contributed by atoms with Crippen LogP contribution in [-0.2, 0) is 13.1 Å². The van der Waals surface area contributed by atoms with Gasteiger partial charge < -0.3 is 4.42 Å². The lowest BCUT2D eigenvalue weighted by molar-refractivity contribution is -0.384. The topological polar surface area (TPSA) is 88.5 Å². The standard InChI is InChI=1S/C21H23N5O3/c1-16-3-2-4-17(13-16)14-24-9-11-25(12-10-24)15-20-22-23-21(29-20)18-5-7-19(8-6-18)26(27)28/h2-8,13H,9-12,14-15H2,1H3. The Hall–Kier alpha value is -3.10. The van der Waals surface area contributed by atoms with E-state index in [1.165, 1.54) is 23.3 Å². The van der Waals surface area contributed by atoms with E-state index in [9.17, 15) is 10.1 Å². The van der Waals surface area contributed by atoms with Crippen molar-refractivity contribution in [2.45, 2.75) is 20.0 Å². The van der Waals surface area contributed by atoms with E-state index in [4.69, 9.17) is 4.42 Å². The van der Waals surface area contributed by atoms with Crippen LogP contribution in [0.2, 0.25) is 0 Å². The highest BCUT2D eigenvalue weighted by molar-refractivity contribution is 5.55. The van der Waals surface area contributed by atoms with Crippen LogP contribution >= 0.6 is 0 Å². The van der Waals surface area contributed by atoms with Gasteiger partial charge in [0, 0.05) is 50.4 Å². The fourth-order valence-electron chi connectivity index (χ4n) is 3.53. The summed E-state index contributed by atoms with van der Waals surface area (Å²) in [6, 6.07) is 14.8. The Kier molecular flexibility index (Phi) is 5.64. The second kappa shape index (κ2) is 8.50. The molecule has 0 unspecified atom stereocenters. The largest absolute Gasteiger partial charge is 0.419 e. The second-order valence-corrected chi connectivity index (χ2v) is 7.35. The Labute approximate surface area is 168 Å². The molecule has 0 N–H and O–H groups in total. The zero-order valence-electron chi connectivity index (χ0n) is 16.3. The van der Waals surface area contributed by atoms with E-state index in [1.807, 2.05) is 0 Å². The third-order valence-electron chi connectivity index (χ3n) is 5.10. The van der Waals surface area contributed by atoms with Crippen molar-refractivity contribution in [2.24, 2.45) is 0 Å². The van der Waals surface area contributed by atoms with Crippen LogP contribution in [-0.4, -0.2) is 51.1 Å². The van der Waals surface area contributed by atoms with Crippen molar-refractivity contribution in [3.05, 3.63) is 75.7 Å². The van der Waals surface area contributed by atoms with Gasteiger partial charge in [-0.3, -0.25) is 19.9 Å². The van der Waals surface area contributed by atoms with Crippen LogP contribution in [0, 0.1) is 17.0 Å². The minimum Gasteiger partial charge on any atom is -0.419 e. The van der Waals surface area contributed by atoms with Gasteiger partial charge in [-0.25, -0.2) is 0 Å². The van der Waals surface area contributed by atoms with Crippen molar-refractivity contribution in [3.8, 4) is 11.5 Å². The molecule has 0 aliphatic carbocycles. The number of non-ortho nitro benzene ring substituents is 1. The highest BCUT2D eigenvalue weighted by atomic mass is 16.6. The number of aromatic nitrogens is 2. The Bertz CT molecular complexity index is 978. The Morgan fingerprint density at radius 2 is 1.69 bits per heavy atom. The number of piperazine rings is 1. The molecule has 0 saturated carbocycles. The first-order valence-corrected chi connectivity index (χ1v) is 9.64. The lowest BCUT2D eigenvalue weighted by Gasteiger charge is -2.34. The molecule has 0 radical (unpaired) electrons. The van der Waals surface area contributed by atoms with Crippen molar-refractivity contribution in [2.75, 3.05) is 26.2 Å². The molecule has 0 atom stereocenters. The molecule has 0 spiro atoms. The average molecular weight is 393 g/mol. The van der Waals surface area contributed by atoms with E-state index in [-0.39, 0.29) is 5.69 Å². The lowest BCUT2D eigenvalue weighted by Crippen LogP contribution is -2.45. The Balaban J connectivity index is 1.30. The summed E-state index contributed by atoms with van der Waals surface area (Å²) in [5.74, 6) is 0.943. The monoisotopic (exact) mass is 393 g/mol. The molecule has 1 saturated heterocycles. The molecule has 8 heteroatoms. The molecule has 1 aromatic heterocycles. The number of nitro benzene ring substituents is 1. The summed E-state index contributed by atoms with van der Waals surface area (Å²) in [5, 5.41) is 19.0. The number of benzene rings is 2. The molecular formula is C21H23N5O3. The molecule has 8 nitrogen and oxygen atoms in total. The van der Waals surface area contributed by atoms with Crippen LogP contribution in [0.4, 0.5) is 5.69 Å². The van der Waals surface area contributed by atoms with Gasteiger partial charge in [0.05, 0.1) is 11.5 Å². The van der Waals surface area contributed by atoms with Gasteiger partial charge in [-0.2, -0.15) is 0 Å². The smallest absolute Gasteiger partial charge is 0.269 e. The quantitative estimate of drug-likeness (QED) is 0.469. The molecular weight excluding hydrogens is 370 g/mol. The average Bonchev–Trinajstić information content (AvgIpc) is 3.18. The maximum absolute atomic E-state index is 10.8. The summed E-state index contributed by atoms with van der Waals surface area (Å²) in [6.07, 6.45) is 0. The molecule has 2 heterocycles. The SMILES string of the molecule is Cc1cccc(CN2CCN(Cc3nnc(-c4ccc([N+](=O)[O-])cc4)o3)CC2)c1. The van der Waals surface area contributed by atoms with E-state index < -0.39 is 4.92 Å². The molecule has 4 rings (SSSR count). The van der Waals surface area contributed by atoms with Crippen molar-refractivity contribution < 1.29 is 9.34 Å². The third-order valence-corrected chi connectivity index (χ3v) is 5.10. The van der Waals surface area contributed by atoms with Crippen LogP contribution in [0.25, 0.3) is 11.5 Å². The molecule has 2 aromatic carbocycles. The maximum atomic E-state index is 10.8. The van der Waals surface area contributed by atoms with Crippen LogP contribution in [0.15, 0.2) is 52.9 Å². The number of nitro groups is 1. The Morgan fingerprint density at radius 1 is 1.00 bits per heavy atom. The molecule has 1 fully saturated rings. The van der Waals surface area contributed by atoms with Crippen molar-refractivity contribution in [1.29, 1.82) is 0 Å². The van der Waals surface area contributed by atoms with Gasteiger partial charge in [0.2, 0.25) is 11.8 Å². The molecule has 150 valence electrons. The minimum absolute atomic E-state index is 0.0389. The first kappa shape index (κ1) is 19.2. The van der Waals surface area contributed by atoms with Gasteiger partial charge >= 0.3 is 0 Å². The maximum Gasteiger partial charge on any atom is 0.269 e. The number of aryl methyl sites for hydroxylation is 1. The van der Waals surface area contributed by atoms with E-state index in [0.29, 0.717) is 23.9 Å². The van der Waals surface area contributed by atoms with Gasteiger partial charge in [0.25, 0.3) is 5.69 Å². The van der Waals surface area contributed by atoms with Gasteiger partial charge in [-0.15, -0.1) is 10.2 Å². The van der Waals surface area contributed by atoms with E-state index >= 15 is 0 Å². The lowest BCUT2D eigenvalue weighted by atomic mass is 10.1. The number of rotatable bonds is 6. The van der Waals surface area contributed by atoms with Gasteiger partial charge in [0.15, 0.2) is 0 Å². The fraction of sp³-hybridized carbons (Fsp3) is 0.333. The van der Waals surface area contributed by atoms with Crippen molar-refractivity contribution in [3.63, 3.8) is 0 Å². The van der Waals surface area contributed by atoms with E-state index in [2.05, 4.69) is 51.2 Å². The summed E-state index contributed by atoms with van der Waals surface area (Å²) in [6.45, 7) is 7.59. The van der Waals surface area contributed by atoms with Crippen LogP contribution in [0.1, 0.15) is 17.0 Å². The van der Waals surface area contributed by atoms with Gasteiger partial charge in [-0.05, 0) is 24.6 Å². The molecule has 1 aliphatic rings. The summed E-state index contributed by atoms with van der Waals surface area (Å²) in [5.41, 5.74) is 3.36. The normalized spacial score (nSPS) is 15.5. The number of hydrogen-bond acceptors (Lipinski definition) is 7. The molecule has 0 amide bonds. The molecule has 0 bridgehead atoms. The molecule has 3 aromatic rings. The summed E-state index contributed by atoms with van der Waals surface area (Å²) in [7, 11) is 0. The first-order valence-electron chi connectivity index (χ1n) is 9.64. The minimum atomic E-state index is -0.429. The van der Waals surface area contributed by atoms with E-state index in [1.54, 1.807) is 12.1 Å². The fourth-order valence-corrected chi connectivity index (χ4v) is 3.53. The van der Waals surface area contributed by atoms with Gasteiger partial charge in [0.1, 0.15) is 0 Å². The highest BCUT2D eigenvalue weighted by Gasteiger charge is 2.19. The molecule has 29 heavy (non-hydrogen) atoms. The summed E-state index contributed by atoms with van der Waals surface area (Å²) < 4.78 is 5.76. The van der Waals surface area contributed by atoms with Crippen molar-refractivity contribution >= 4 is 5.69 Å². The zero-order chi connectivity index (χ0) is 20.2. The first-order chi connectivity index (χ1) is 14.1. The second-order valence-electron chi connectivity index (χ2n) is 7.35. The van der Waals surface area contributed by atoms with Crippen molar-refractivity contribution in [1.82, 2.24) is 20.0 Å². The van der Waals surface area contributed by atoms with Crippen LogP contribution < -0.4 is 0 Å². The Morgan fingerprint density at radius 3 is 2.34 bits per heavy atom. The zero-order valence-corrected chi connectivity index (χ0v) is 16.3. The summed E-state index contributed by atoms with van der Waals surface area (Å²) >= 11 is 0. The predicted molar refractivity (Wildman–Crippen MR) is 108 cm³/mol. The number of nitrogens with zero attached hydrogens (tertiary/aromatic N) is 5. The molecule has 1 aliphatic heterocycles. The van der Waals surface area contributed by atoms with Crippen LogP contribution in [0.5, 0.6) is 0 Å². The number of hydrogen-bond donors (Lipinski definition) is 0. The third kappa shape index (κ3) is 4.85. The van der Waals surface area contributed by atoms with Crippen LogP contribution in [0.3, 0.4) is 0 Å². The summed E-state index contributed by atoms with van der Waals surface area (Å²) in [4.78, 5) is 15.1.